The number of hydrogen-bond acceptors (Lipinski definition) is 2. The number of hydrogen-bond donors (Lipinski definition) is 0. The summed E-state index contributed by atoms with van der Waals surface area (Å²) < 4.78 is 2.62. The van der Waals surface area contributed by atoms with E-state index in [1.165, 1.54) is 74.7 Å². The second kappa shape index (κ2) is 11.7. The maximum Gasteiger partial charge on any atom is 0.0540 e. The van der Waals surface area contributed by atoms with Crippen LogP contribution in [0.1, 0.15) is 0 Å². The predicted molar refractivity (Wildman–Crippen MR) is 217 cm³/mol. The summed E-state index contributed by atoms with van der Waals surface area (Å²) in [7, 11) is 0. The average Bonchev–Trinajstić information content (AvgIpc) is 3.56. The molecule has 10 aromatic rings. The zero-order valence-corrected chi connectivity index (χ0v) is 28.1. The van der Waals surface area contributed by atoms with E-state index in [-0.39, 0.29) is 0 Å². The molecule has 50 heavy (non-hydrogen) atoms. The van der Waals surface area contributed by atoms with Crippen LogP contribution < -0.4 is 4.90 Å². The second-order valence-corrected chi connectivity index (χ2v) is 14.0. The molecule has 1 aromatic heterocycles. The largest absolute Gasteiger partial charge is 0.310 e. The third-order valence-electron chi connectivity index (χ3n) is 10.0. The smallest absolute Gasteiger partial charge is 0.0540 e. The van der Waals surface area contributed by atoms with Crippen LogP contribution in [-0.2, 0) is 0 Å². The standard InChI is InChI=1S/C48H31NS/c1-3-15-37-32(12-1)14-11-21-40(37)42-19-7-9-22-46(42)49(36-28-29-48-45(31-36)43-20-8-10-23-47(43)50-48)35-26-24-33(25-27-35)44-30-34-13-2-4-16-38(34)39-17-5-6-18-41(39)44/h1-31H. The minimum atomic E-state index is 1.12. The summed E-state index contributed by atoms with van der Waals surface area (Å²) in [5.41, 5.74) is 8.28. The quantitative estimate of drug-likeness (QED) is 0.167. The van der Waals surface area contributed by atoms with Crippen LogP contribution in [0, 0.1) is 0 Å². The van der Waals surface area contributed by atoms with Gasteiger partial charge in [-0.15, -0.1) is 11.3 Å². The number of anilines is 3. The van der Waals surface area contributed by atoms with Crippen LogP contribution in [0.15, 0.2) is 188 Å². The molecule has 0 radical (unpaired) electrons. The number of benzene rings is 9. The Morgan fingerprint density at radius 1 is 0.320 bits per heavy atom. The Balaban J connectivity index is 1.19. The van der Waals surface area contributed by atoms with Crippen LogP contribution in [0.5, 0.6) is 0 Å². The van der Waals surface area contributed by atoms with Crippen molar-refractivity contribution < 1.29 is 0 Å². The van der Waals surface area contributed by atoms with Gasteiger partial charge in [-0.2, -0.15) is 0 Å². The molecule has 9 aromatic carbocycles. The Hall–Kier alpha value is -6.22. The van der Waals surface area contributed by atoms with Crippen LogP contribution in [-0.4, -0.2) is 0 Å². The Morgan fingerprint density at radius 3 is 1.78 bits per heavy atom. The van der Waals surface area contributed by atoms with Crippen molar-refractivity contribution in [2.75, 3.05) is 4.90 Å². The molecule has 234 valence electrons. The summed E-state index contributed by atoms with van der Waals surface area (Å²) in [5, 5.41) is 10.2. The third kappa shape index (κ3) is 4.69. The van der Waals surface area contributed by atoms with Gasteiger partial charge in [-0.1, -0.05) is 140 Å². The second-order valence-electron chi connectivity index (χ2n) is 12.9. The fraction of sp³-hybridized carbons (Fsp3) is 0. The van der Waals surface area contributed by atoms with Crippen molar-refractivity contribution in [1.29, 1.82) is 0 Å². The molecule has 2 heteroatoms. The fourth-order valence-corrected chi connectivity index (χ4v) is 8.81. The molecule has 0 atom stereocenters. The summed E-state index contributed by atoms with van der Waals surface area (Å²) in [5.74, 6) is 0. The first kappa shape index (κ1) is 28.8. The van der Waals surface area contributed by atoms with Gasteiger partial charge >= 0.3 is 0 Å². The average molecular weight is 654 g/mol. The van der Waals surface area contributed by atoms with Crippen LogP contribution in [0.4, 0.5) is 17.1 Å². The van der Waals surface area contributed by atoms with Gasteiger partial charge in [0.2, 0.25) is 0 Å². The van der Waals surface area contributed by atoms with Crippen molar-refractivity contribution >= 4 is 80.9 Å². The lowest BCUT2D eigenvalue weighted by Crippen LogP contribution is -2.11. The van der Waals surface area contributed by atoms with Gasteiger partial charge in [0, 0.05) is 37.1 Å². The molecule has 1 heterocycles. The Bertz CT molecular complexity index is 2870. The van der Waals surface area contributed by atoms with E-state index in [9.17, 15) is 0 Å². The molecular formula is C48H31NS. The highest BCUT2D eigenvalue weighted by molar-refractivity contribution is 7.25. The lowest BCUT2D eigenvalue weighted by Gasteiger charge is -2.28. The maximum atomic E-state index is 2.44. The number of nitrogens with zero attached hydrogens (tertiary/aromatic N) is 1. The highest BCUT2D eigenvalue weighted by Crippen LogP contribution is 2.45. The normalized spacial score (nSPS) is 11.6. The van der Waals surface area contributed by atoms with E-state index in [1.54, 1.807) is 0 Å². The molecule has 0 fully saturated rings. The van der Waals surface area contributed by atoms with Crippen LogP contribution in [0.25, 0.3) is 74.7 Å². The van der Waals surface area contributed by atoms with Gasteiger partial charge < -0.3 is 4.90 Å². The molecule has 0 N–H and O–H groups in total. The van der Waals surface area contributed by atoms with Gasteiger partial charge in [0.05, 0.1) is 5.69 Å². The molecule has 0 unspecified atom stereocenters. The van der Waals surface area contributed by atoms with Crippen molar-refractivity contribution in [3.05, 3.63) is 188 Å². The minimum absolute atomic E-state index is 1.12. The Labute approximate surface area is 294 Å². The van der Waals surface area contributed by atoms with Crippen LogP contribution >= 0.6 is 11.3 Å². The zero-order chi connectivity index (χ0) is 33.0. The summed E-state index contributed by atoms with van der Waals surface area (Å²) in [6.07, 6.45) is 0. The third-order valence-corrected chi connectivity index (χ3v) is 11.2. The lowest BCUT2D eigenvalue weighted by atomic mass is 9.93. The van der Waals surface area contributed by atoms with E-state index in [4.69, 9.17) is 0 Å². The van der Waals surface area contributed by atoms with Gasteiger partial charge in [0.25, 0.3) is 0 Å². The SMILES string of the molecule is c1ccc(N(c2ccc(-c3cc4ccccc4c4ccccc34)cc2)c2ccc3sc4ccccc4c3c2)c(-c2cccc3ccccc23)c1. The topological polar surface area (TPSA) is 3.24 Å². The monoisotopic (exact) mass is 653 g/mol. The molecule has 1 nitrogen and oxygen atoms in total. The van der Waals surface area contributed by atoms with Crippen molar-refractivity contribution in [2.24, 2.45) is 0 Å². The Morgan fingerprint density at radius 2 is 0.920 bits per heavy atom. The van der Waals surface area contributed by atoms with Crippen LogP contribution in [0.2, 0.25) is 0 Å². The molecule has 10 rings (SSSR count). The number of para-hydroxylation sites is 1. The number of fused-ring (bicyclic) bond motifs is 7. The number of thiophene rings is 1. The van der Waals surface area contributed by atoms with Crippen LogP contribution in [0.3, 0.4) is 0 Å². The highest BCUT2D eigenvalue weighted by atomic mass is 32.1. The molecular weight excluding hydrogens is 623 g/mol. The van der Waals surface area contributed by atoms with E-state index >= 15 is 0 Å². The summed E-state index contributed by atoms with van der Waals surface area (Å²) >= 11 is 1.86. The molecule has 0 aliphatic heterocycles. The summed E-state index contributed by atoms with van der Waals surface area (Å²) in [6.45, 7) is 0. The van der Waals surface area contributed by atoms with E-state index in [2.05, 4.69) is 193 Å². The first-order chi connectivity index (χ1) is 24.8. The Kier molecular flexibility index (Phi) is 6.75. The summed E-state index contributed by atoms with van der Waals surface area (Å²) in [6, 6.07) is 68.8. The van der Waals surface area contributed by atoms with Crippen molar-refractivity contribution in [3.8, 4) is 22.3 Å². The lowest BCUT2D eigenvalue weighted by molar-refractivity contribution is 1.29. The van der Waals surface area contributed by atoms with Crippen molar-refractivity contribution in [2.45, 2.75) is 0 Å². The predicted octanol–water partition coefficient (Wildman–Crippen LogP) is 14.3. The summed E-state index contributed by atoms with van der Waals surface area (Å²) in [4.78, 5) is 2.44. The molecule has 0 aliphatic rings. The number of rotatable bonds is 5. The maximum absolute atomic E-state index is 2.44. The molecule has 0 saturated heterocycles. The van der Waals surface area contributed by atoms with E-state index in [0.29, 0.717) is 0 Å². The van der Waals surface area contributed by atoms with E-state index in [1.807, 2.05) is 11.3 Å². The molecule has 0 aliphatic carbocycles. The molecule has 0 bridgehead atoms. The highest BCUT2D eigenvalue weighted by Gasteiger charge is 2.20. The van der Waals surface area contributed by atoms with Gasteiger partial charge in [0.15, 0.2) is 0 Å². The first-order valence-corrected chi connectivity index (χ1v) is 17.9. The van der Waals surface area contributed by atoms with E-state index in [0.717, 1.165) is 17.1 Å². The van der Waals surface area contributed by atoms with Gasteiger partial charge in [-0.25, -0.2) is 0 Å². The fourth-order valence-electron chi connectivity index (χ4n) is 7.72. The molecule has 0 amide bonds. The van der Waals surface area contributed by atoms with Gasteiger partial charge in [-0.05, 0) is 97.5 Å². The minimum Gasteiger partial charge on any atom is -0.310 e. The van der Waals surface area contributed by atoms with Crippen molar-refractivity contribution in [1.82, 2.24) is 0 Å². The first-order valence-electron chi connectivity index (χ1n) is 17.1. The molecule has 0 spiro atoms. The molecule has 0 saturated carbocycles. The van der Waals surface area contributed by atoms with E-state index < -0.39 is 0 Å². The van der Waals surface area contributed by atoms with Gasteiger partial charge in [0.1, 0.15) is 0 Å². The zero-order valence-electron chi connectivity index (χ0n) is 27.3. The van der Waals surface area contributed by atoms with Gasteiger partial charge in [-0.3, -0.25) is 0 Å². The van der Waals surface area contributed by atoms with Crippen molar-refractivity contribution in [3.63, 3.8) is 0 Å².